The molecule has 5 nitrogen and oxygen atoms in total. The Morgan fingerprint density at radius 2 is 1.73 bits per heavy atom. The third kappa shape index (κ3) is 2.55. The summed E-state index contributed by atoms with van der Waals surface area (Å²) in [6.45, 7) is 3.87. The lowest BCUT2D eigenvalue weighted by Crippen LogP contribution is -2.31. The molecule has 0 saturated carbocycles. The predicted molar refractivity (Wildman–Crippen MR) is 110 cm³/mol. The minimum Gasteiger partial charge on any atom is -0.378 e. The molecule has 0 unspecified atom stereocenters. The Balaban J connectivity index is 1.96. The maximum atomic E-state index is 12.8. The van der Waals surface area contributed by atoms with E-state index < -0.39 is 0 Å². The van der Waals surface area contributed by atoms with Gasteiger partial charge in [0, 0.05) is 24.7 Å². The molecule has 0 fully saturated rings. The van der Waals surface area contributed by atoms with Crippen LogP contribution in [0.5, 0.6) is 0 Å². The Bertz CT molecular complexity index is 1310. The molecule has 0 aliphatic rings. The summed E-state index contributed by atoms with van der Waals surface area (Å²) in [7, 11) is 3.96. The molecule has 0 amide bonds. The van der Waals surface area contributed by atoms with Gasteiger partial charge in [-0.2, -0.15) is 0 Å². The molecule has 0 saturated heterocycles. The van der Waals surface area contributed by atoms with E-state index in [0.29, 0.717) is 19.7 Å². The molecular formula is C19H17N3O2S2. The van der Waals surface area contributed by atoms with E-state index in [-0.39, 0.29) is 11.1 Å². The van der Waals surface area contributed by atoms with E-state index in [1.807, 2.05) is 63.2 Å². The lowest BCUT2D eigenvalue weighted by molar-refractivity contribution is 1.05. The smallest absolute Gasteiger partial charge is 0.277 e. The average molecular weight is 383 g/mol. The van der Waals surface area contributed by atoms with Crippen LogP contribution < -0.4 is 20.6 Å². The van der Waals surface area contributed by atoms with Gasteiger partial charge in [-0.1, -0.05) is 23.5 Å². The summed E-state index contributed by atoms with van der Waals surface area (Å²) in [5, 5.41) is 0.557. The van der Waals surface area contributed by atoms with E-state index >= 15 is 0 Å². The number of aryl methyl sites for hydroxylation is 2. The summed E-state index contributed by atoms with van der Waals surface area (Å²) in [5.74, 6) is 0. The van der Waals surface area contributed by atoms with Crippen molar-refractivity contribution in [3.8, 4) is 0 Å². The van der Waals surface area contributed by atoms with Gasteiger partial charge in [0.25, 0.3) is 11.1 Å². The first kappa shape index (κ1) is 16.9. The zero-order valence-corrected chi connectivity index (χ0v) is 16.5. The molecule has 3 heterocycles. The van der Waals surface area contributed by atoms with E-state index in [4.69, 9.17) is 0 Å². The molecule has 0 bridgehead atoms. The normalized spacial score (nSPS) is 12.4. The summed E-state index contributed by atoms with van der Waals surface area (Å²) in [6, 6.07) is 7.91. The number of aromatic nitrogens is 2. The van der Waals surface area contributed by atoms with Gasteiger partial charge in [0.15, 0.2) is 0 Å². The van der Waals surface area contributed by atoms with Crippen LogP contribution in [-0.4, -0.2) is 23.5 Å². The van der Waals surface area contributed by atoms with Crippen LogP contribution in [0.2, 0.25) is 0 Å². The first-order valence-corrected chi connectivity index (χ1v) is 9.74. The maximum Gasteiger partial charge on any atom is 0.277 e. The second-order valence-corrected chi connectivity index (χ2v) is 8.61. The van der Waals surface area contributed by atoms with Crippen LogP contribution >= 0.6 is 22.7 Å². The molecule has 7 heteroatoms. The fraction of sp³-hybridized carbons (Fsp3) is 0.211. The fourth-order valence-corrected chi connectivity index (χ4v) is 4.93. The van der Waals surface area contributed by atoms with Crippen LogP contribution in [-0.2, 0) is 0 Å². The number of nitrogens with zero attached hydrogens (tertiary/aromatic N) is 3. The highest BCUT2D eigenvalue weighted by Gasteiger charge is 2.16. The Morgan fingerprint density at radius 1 is 1.04 bits per heavy atom. The van der Waals surface area contributed by atoms with Crippen LogP contribution in [0.15, 0.2) is 33.9 Å². The number of hydrogen-bond acceptors (Lipinski definition) is 6. The van der Waals surface area contributed by atoms with Crippen LogP contribution in [0.3, 0.4) is 0 Å². The molecule has 4 aromatic rings. The first-order chi connectivity index (χ1) is 12.4. The molecule has 26 heavy (non-hydrogen) atoms. The molecular weight excluding hydrogens is 366 g/mol. The monoisotopic (exact) mass is 383 g/mol. The SMILES string of the molecule is Cc1sc2nc3s/c(=C/c4ccc(N(C)C)cc4)c(=O)n3c(=O)c2c1C. The molecule has 132 valence electrons. The second-order valence-electron chi connectivity index (χ2n) is 6.40. The average Bonchev–Trinajstić information content (AvgIpc) is 3.05. The summed E-state index contributed by atoms with van der Waals surface area (Å²) >= 11 is 2.75. The highest BCUT2D eigenvalue weighted by Crippen LogP contribution is 2.26. The van der Waals surface area contributed by atoms with Crippen molar-refractivity contribution < 1.29 is 0 Å². The number of rotatable bonds is 2. The van der Waals surface area contributed by atoms with Gasteiger partial charge >= 0.3 is 0 Å². The molecule has 0 aliphatic heterocycles. The summed E-state index contributed by atoms with van der Waals surface area (Å²) in [6.07, 6.45) is 1.81. The molecule has 0 spiro atoms. The molecule has 0 atom stereocenters. The van der Waals surface area contributed by atoms with E-state index in [0.717, 1.165) is 21.7 Å². The van der Waals surface area contributed by atoms with Gasteiger partial charge in [-0.15, -0.1) is 11.3 Å². The molecule has 3 aromatic heterocycles. The van der Waals surface area contributed by atoms with Gasteiger partial charge in [0.1, 0.15) is 4.83 Å². The summed E-state index contributed by atoms with van der Waals surface area (Å²) in [4.78, 5) is 34.4. The van der Waals surface area contributed by atoms with Gasteiger partial charge in [-0.05, 0) is 43.2 Å². The van der Waals surface area contributed by atoms with Crippen molar-refractivity contribution in [2.45, 2.75) is 13.8 Å². The fourth-order valence-electron chi connectivity index (χ4n) is 2.89. The maximum absolute atomic E-state index is 12.8. The number of hydrogen-bond donors (Lipinski definition) is 0. The number of benzene rings is 1. The number of anilines is 1. The lowest BCUT2D eigenvalue weighted by Gasteiger charge is -2.11. The van der Waals surface area contributed by atoms with Gasteiger partial charge < -0.3 is 4.90 Å². The predicted octanol–water partition coefficient (Wildman–Crippen LogP) is 2.56. The van der Waals surface area contributed by atoms with E-state index in [1.54, 1.807) is 0 Å². The Kier molecular flexibility index (Phi) is 3.93. The molecule has 0 aliphatic carbocycles. The zero-order chi connectivity index (χ0) is 18.6. The molecule has 1 aromatic carbocycles. The zero-order valence-electron chi connectivity index (χ0n) is 14.9. The van der Waals surface area contributed by atoms with Crippen LogP contribution in [0.4, 0.5) is 5.69 Å². The highest BCUT2D eigenvalue weighted by atomic mass is 32.1. The van der Waals surface area contributed by atoms with Crippen LogP contribution in [0.1, 0.15) is 16.0 Å². The quantitative estimate of drug-likeness (QED) is 0.534. The molecule has 0 N–H and O–H groups in total. The second kappa shape index (κ2) is 6.03. The van der Waals surface area contributed by atoms with Crippen molar-refractivity contribution in [3.05, 3.63) is 65.5 Å². The van der Waals surface area contributed by atoms with Gasteiger partial charge in [0.05, 0.1) is 9.92 Å². The van der Waals surface area contributed by atoms with Crippen molar-refractivity contribution in [2.24, 2.45) is 0 Å². The van der Waals surface area contributed by atoms with Crippen molar-refractivity contribution in [3.63, 3.8) is 0 Å². The summed E-state index contributed by atoms with van der Waals surface area (Å²) < 4.78 is 1.71. The van der Waals surface area contributed by atoms with Crippen molar-refractivity contribution in [1.29, 1.82) is 0 Å². The molecule has 4 rings (SSSR count). The van der Waals surface area contributed by atoms with E-state index in [2.05, 4.69) is 4.98 Å². The first-order valence-electron chi connectivity index (χ1n) is 8.11. The highest BCUT2D eigenvalue weighted by molar-refractivity contribution is 7.19. The standard InChI is InChI=1S/C19H17N3O2S2/c1-10-11(2)25-16-15(10)18(24)22-17(23)14(26-19(22)20-16)9-12-5-7-13(8-6-12)21(3)4/h5-9H,1-4H3/b14-9+. The van der Waals surface area contributed by atoms with Crippen LogP contribution in [0.25, 0.3) is 21.3 Å². The third-order valence-corrected chi connectivity index (χ3v) is 6.56. The Hall–Kier alpha value is -2.51. The third-order valence-electron chi connectivity index (χ3n) is 4.49. The minimum atomic E-state index is -0.302. The number of thiazole rings is 1. The van der Waals surface area contributed by atoms with Gasteiger partial charge in [-0.25, -0.2) is 9.38 Å². The van der Waals surface area contributed by atoms with Gasteiger partial charge in [-0.3, -0.25) is 9.59 Å². The Morgan fingerprint density at radius 3 is 2.38 bits per heavy atom. The van der Waals surface area contributed by atoms with E-state index in [9.17, 15) is 9.59 Å². The number of thiophene rings is 1. The topological polar surface area (TPSA) is 54.7 Å². The Labute approximate surface area is 157 Å². The van der Waals surface area contributed by atoms with Gasteiger partial charge in [0.2, 0.25) is 4.96 Å². The van der Waals surface area contributed by atoms with E-state index in [1.165, 1.54) is 27.1 Å². The minimum absolute atomic E-state index is 0.268. The van der Waals surface area contributed by atoms with Crippen molar-refractivity contribution in [2.75, 3.05) is 19.0 Å². The molecule has 0 radical (unpaired) electrons. The summed E-state index contributed by atoms with van der Waals surface area (Å²) in [5.41, 5.74) is 2.35. The number of fused-ring (bicyclic) bond motifs is 2. The van der Waals surface area contributed by atoms with Crippen LogP contribution in [0, 0.1) is 13.8 Å². The van der Waals surface area contributed by atoms with Crippen molar-refractivity contribution >= 4 is 49.6 Å². The largest absolute Gasteiger partial charge is 0.378 e. The lowest BCUT2D eigenvalue weighted by atomic mass is 10.2. The van der Waals surface area contributed by atoms with Crippen molar-refractivity contribution in [1.82, 2.24) is 9.38 Å².